The summed E-state index contributed by atoms with van der Waals surface area (Å²) in [5.74, 6) is -7.77. The zero-order chi connectivity index (χ0) is 61.3. The Morgan fingerprint density at radius 1 is 0.704 bits per heavy atom. The van der Waals surface area contributed by atoms with E-state index in [-0.39, 0.29) is 43.7 Å². The van der Waals surface area contributed by atoms with Crippen LogP contribution in [0.2, 0.25) is 1.41 Å². The molecule has 0 saturated carbocycles. The van der Waals surface area contributed by atoms with Crippen molar-refractivity contribution in [2.24, 2.45) is 11.3 Å². The minimum atomic E-state index is -1.66. The molecular formula is C60H81F2N7O12. The molecule has 0 unspecified atom stereocenters. The molecule has 0 saturated heterocycles. The molecule has 0 aliphatic carbocycles. The van der Waals surface area contributed by atoms with Gasteiger partial charge >= 0.3 is 18.0 Å². The number of aliphatic hydroxyl groups excluding tert-OH is 1. The molecule has 1 aromatic heterocycles. The number of halogens is 2. The first-order valence-corrected chi connectivity index (χ1v) is 27.0. The molecule has 5 atom stereocenters. The second-order valence-corrected chi connectivity index (χ2v) is 23.2. The Balaban J connectivity index is 1.69. The summed E-state index contributed by atoms with van der Waals surface area (Å²) >= 11 is 0. The van der Waals surface area contributed by atoms with Crippen molar-refractivity contribution in [2.75, 3.05) is 19.7 Å². The number of amides is 6. The molecule has 0 spiro atoms. The molecule has 0 fully saturated rings. The minimum Gasteiger partial charge on any atom is -0.460 e. The zero-order valence-corrected chi connectivity index (χ0v) is 48.5. The van der Waals surface area contributed by atoms with Gasteiger partial charge in [-0.3, -0.25) is 28.8 Å². The average molecular weight is 1130 g/mol. The van der Waals surface area contributed by atoms with E-state index in [0.29, 0.717) is 16.6 Å². The molecule has 21 heteroatoms. The third-order valence-corrected chi connectivity index (χ3v) is 12.4. The van der Waals surface area contributed by atoms with Crippen LogP contribution in [0.15, 0.2) is 91.1 Å². The molecule has 4 aromatic rings. The van der Waals surface area contributed by atoms with Gasteiger partial charge in [0.1, 0.15) is 60.2 Å². The van der Waals surface area contributed by atoms with E-state index in [9.17, 15) is 47.9 Å². The lowest BCUT2D eigenvalue weighted by molar-refractivity contribution is -0.160. The van der Waals surface area contributed by atoms with Crippen molar-refractivity contribution in [3.63, 3.8) is 0 Å². The fourth-order valence-corrected chi connectivity index (χ4v) is 8.64. The van der Waals surface area contributed by atoms with Crippen LogP contribution in [0.3, 0.4) is 0 Å². The normalized spacial score (nSPS) is 13.8. The van der Waals surface area contributed by atoms with E-state index < -0.39 is 138 Å². The fourth-order valence-electron chi connectivity index (χ4n) is 8.64. The predicted octanol–water partition coefficient (Wildman–Crippen LogP) is 7.18. The lowest BCUT2D eigenvalue weighted by Gasteiger charge is -2.41. The van der Waals surface area contributed by atoms with Crippen LogP contribution < -0.4 is 26.6 Å². The molecule has 6 N–H and O–H groups in total. The highest BCUT2D eigenvalue weighted by atomic mass is 19.1. The first-order valence-electron chi connectivity index (χ1n) is 27.4. The van der Waals surface area contributed by atoms with Crippen LogP contribution >= 0.6 is 0 Å². The maximum Gasteiger partial charge on any atom is 0.408 e. The van der Waals surface area contributed by atoms with Crippen LogP contribution in [0.25, 0.3) is 11.1 Å². The number of hydrogen-bond donors (Lipinski definition) is 6. The number of ether oxygens (including phenoxy) is 3. The van der Waals surface area contributed by atoms with Crippen LogP contribution in [-0.2, 0) is 60.9 Å². The number of alkyl carbamates (subject to hydrolysis) is 1. The van der Waals surface area contributed by atoms with Gasteiger partial charge in [-0.25, -0.2) is 18.4 Å². The van der Waals surface area contributed by atoms with E-state index in [4.69, 9.17) is 15.6 Å². The summed E-state index contributed by atoms with van der Waals surface area (Å²) < 4.78 is 57.0. The SMILES string of the molecule is [2H]N(CCC(=O)N[C@@H](CCC(=O)OC(C)(C)C)C(=O)OC(C)(C)C)C(=O)[C@H](CCN(C(=O)CO)[C@@H](c1cc(-c2cc(F)ccc2F)cn1Cc1ccccc1)C(C)(C)C)NC(=O)[C@H](C)NC(=O)[C@@H](NC(=O)OCc1ccccc1)C(C)C. The molecular weight excluding hydrogens is 1050 g/mol. The highest BCUT2D eigenvalue weighted by molar-refractivity contribution is 5.94. The molecule has 0 radical (unpaired) electrons. The number of esters is 2. The monoisotopic (exact) mass is 1130 g/mol. The van der Waals surface area contributed by atoms with Gasteiger partial charge in [-0.15, -0.1) is 0 Å². The summed E-state index contributed by atoms with van der Waals surface area (Å²) in [4.78, 5) is 110. The number of rotatable bonds is 26. The Bertz CT molecular complexity index is 2830. The van der Waals surface area contributed by atoms with Gasteiger partial charge in [0.05, 0.1) is 6.04 Å². The fraction of sp³-hybridized carbons (Fsp3) is 0.500. The van der Waals surface area contributed by atoms with Gasteiger partial charge in [0, 0.05) is 55.5 Å². The Kier molecular flexibility index (Phi) is 23.5. The second-order valence-electron chi connectivity index (χ2n) is 23.2. The summed E-state index contributed by atoms with van der Waals surface area (Å²) in [5, 5.41) is 21.2. The van der Waals surface area contributed by atoms with E-state index in [1.165, 1.54) is 11.8 Å². The maximum atomic E-state index is 15.5. The molecule has 0 bridgehead atoms. The number of nitrogens with zero attached hydrogens (tertiary/aromatic N) is 2. The van der Waals surface area contributed by atoms with Gasteiger partial charge in [0.25, 0.3) is 0 Å². The second kappa shape index (κ2) is 29.7. The van der Waals surface area contributed by atoms with Crippen LogP contribution in [0.1, 0.15) is 132 Å². The molecule has 81 heavy (non-hydrogen) atoms. The van der Waals surface area contributed by atoms with E-state index in [1.54, 1.807) is 103 Å². The summed E-state index contributed by atoms with van der Waals surface area (Å²) in [5.41, 5.74) is -0.521. The van der Waals surface area contributed by atoms with Gasteiger partial charge in [-0.1, -0.05) is 95.3 Å². The summed E-state index contributed by atoms with van der Waals surface area (Å²) in [6.45, 7) is 18.1. The van der Waals surface area contributed by atoms with Gasteiger partial charge in [0.15, 0.2) is 1.41 Å². The highest BCUT2D eigenvalue weighted by Crippen LogP contribution is 2.41. The number of carbonyl (C=O) groups excluding carboxylic acids is 8. The number of nitrogens with one attached hydrogen (secondary N) is 5. The molecule has 3 aromatic carbocycles. The van der Waals surface area contributed by atoms with Crippen LogP contribution in [0.4, 0.5) is 13.6 Å². The molecule has 0 aliphatic heterocycles. The Morgan fingerprint density at radius 2 is 1.32 bits per heavy atom. The van der Waals surface area contributed by atoms with Crippen molar-refractivity contribution in [3.05, 3.63) is 120 Å². The van der Waals surface area contributed by atoms with Crippen molar-refractivity contribution in [1.82, 2.24) is 36.0 Å². The van der Waals surface area contributed by atoms with Gasteiger partial charge in [-0.05, 0) is 108 Å². The molecule has 0 aliphatic rings. The number of aliphatic hydroxyl groups is 1. The topological polar surface area (TPSA) is 253 Å². The molecule has 1 heterocycles. The average Bonchev–Trinajstić information content (AvgIpc) is 3.91. The number of aromatic nitrogens is 1. The largest absolute Gasteiger partial charge is 0.460 e. The van der Waals surface area contributed by atoms with E-state index in [0.717, 1.165) is 23.8 Å². The van der Waals surface area contributed by atoms with Crippen molar-refractivity contribution in [3.8, 4) is 11.1 Å². The smallest absolute Gasteiger partial charge is 0.408 e. The van der Waals surface area contributed by atoms with Gasteiger partial charge in [0.2, 0.25) is 29.5 Å². The van der Waals surface area contributed by atoms with E-state index >= 15 is 4.39 Å². The number of hydrogen-bond acceptors (Lipinski definition) is 12. The third kappa shape index (κ3) is 21.7. The molecule has 19 nitrogen and oxygen atoms in total. The van der Waals surface area contributed by atoms with Crippen molar-refractivity contribution in [1.29, 1.82) is 0 Å². The zero-order valence-electron chi connectivity index (χ0n) is 49.5. The lowest BCUT2D eigenvalue weighted by Crippen LogP contribution is -2.57. The standard InChI is InChI=1S/C60H81F2N7O12/c1-37(2)51(67-57(78)79-36-40-21-17-14-18-22-40)55(76)64-38(3)53(74)66-45(54(75)63-29-27-48(71)65-46(56(77)81-60(10,11)12)25-26-50(73)80-59(7,8)9)28-30-69(49(72)35-70)52(58(4,5)6)47-31-41(43-32-42(61)23-24-44(43)62)34-68(47)33-39-19-15-13-16-20-39/h13-24,31-32,34,37-38,45-46,51-52,70H,25-30,33,35-36H2,1-12H3,(H,63,75)(H,64,76)(H,65,71)(H,66,74)(H,67,78)/t38-,45-,46-,51-,52-/m0/s1/i/hD. The van der Waals surface area contributed by atoms with Crippen molar-refractivity contribution < 1.29 is 67.9 Å². The molecule has 442 valence electrons. The number of carbonyl (C=O) groups is 8. The summed E-state index contributed by atoms with van der Waals surface area (Å²) in [6.07, 6.45) is -0.721. The Hall–Kier alpha value is -7.68. The lowest BCUT2D eigenvalue weighted by atomic mass is 9.82. The maximum absolute atomic E-state index is 15.5. The van der Waals surface area contributed by atoms with E-state index in [2.05, 4.69) is 21.3 Å². The first kappa shape index (κ1) is 64.1. The number of benzene rings is 3. The third-order valence-electron chi connectivity index (χ3n) is 12.4. The quantitative estimate of drug-likeness (QED) is 0.0270. The van der Waals surface area contributed by atoms with Crippen LogP contribution in [0.5, 0.6) is 0 Å². The predicted molar refractivity (Wildman–Crippen MR) is 299 cm³/mol. The Labute approximate surface area is 475 Å². The van der Waals surface area contributed by atoms with Gasteiger partial charge < -0.3 is 55.4 Å². The molecule has 6 amide bonds. The molecule has 4 rings (SSSR count). The Morgan fingerprint density at radius 3 is 1.90 bits per heavy atom. The summed E-state index contributed by atoms with van der Waals surface area (Å²) in [7, 11) is 0. The van der Waals surface area contributed by atoms with E-state index in [1.807, 2.05) is 51.1 Å². The summed E-state index contributed by atoms with van der Waals surface area (Å²) in [6, 6.07) is 16.2. The van der Waals surface area contributed by atoms with Crippen molar-refractivity contribution >= 4 is 47.6 Å². The van der Waals surface area contributed by atoms with Crippen LogP contribution in [-0.4, -0.2) is 117 Å². The highest BCUT2D eigenvalue weighted by Gasteiger charge is 2.39. The minimum absolute atomic E-state index is 0.0563. The van der Waals surface area contributed by atoms with Crippen LogP contribution in [0, 0.1) is 23.0 Å². The van der Waals surface area contributed by atoms with Crippen molar-refractivity contribution in [2.45, 2.75) is 163 Å². The first-order chi connectivity index (χ1) is 38.3. The van der Waals surface area contributed by atoms with Gasteiger partial charge in [-0.2, -0.15) is 0 Å².